The maximum absolute atomic E-state index is 8.46. The van der Waals surface area contributed by atoms with Crippen LogP contribution in [-0.2, 0) is 0 Å². The number of hydrogen-bond acceptors (Lipinski definition) is 4. The topological polar surface area (TPSA) is 103 Å². The Balaban J connectivity index is 3.22. The number of unbranched alkanes of at least 4 members (excludes halogenated alkanes) is 4. The van der Waals surface area contributed by atoms with Crippen molar-refractivity contribution >= 4 is 11.7 Å². The van der Waals surface area contributed by atoms with E-state index in [1.54, 1.807) is 6.92 Å². The van der Waals surface area contributed by atoms with Crippen molar-refractivity contribution in [1.29, 1.82) is 0 Å². The highest BCUT2D eigenvalue weighted by atomic mass is 16.5. The summed E-state index contributed by atoms with van der Waals surface area (Å²) in [6, 6.07) is 0. The number of nitrogens with zero attached hydrogens (tertiary/aromatic N) is 2. The summed E-state index contributed by atoms with van der Waals surface area (Å²) in [4.78, 5) is 4.09. The molecule has 6 heteroatoms. The van der Waals surface area contributed by atoms with Crippen LogP contribution in [0.15, 0.2) is 10.1 Å². The van der Waals surface area contributed by atoms with Gasteiger partial charge in [0.2, 0.25) is 0 Å². The van der Waals surface area contributed by atoms with Gasteiger partial charge in [0.1, 0.15) is 11.7 Å². The monoisotopic (exact) mass is 230 g/mol. The van der Waals surface area contributed by atoms with E-state index in [0.717, 1.165) is 38.6 Å². The van der Waals surface area contributed by atoms with Gasteiger partial charge in [-0.3, -0.25) is 15.7 Å². The van der Waals surface area contributed by atoms with Crippen LogP contribution >= 0.6 is 0 Å². The Labute approximate surface area is 96.2 Å². The van der Waals surface area contributed by atoms with E-state index in [9.17, 15) is 0 Å². The summed E-state index contributed by atoms with van der Waals surface area (Å²) < 4.78 is 0. The first-order chi connectivity index (χ1) is 7.70. The molecule has 0 aliphatic heterocycles. The molecule has 0 radical (unpaired) electrons. The molecule has 0 aromatic heterocycles. The number of aliphatic imine (C=N–C) groups is 1. The second-order valence-corrected chi connectivity index (χ2v) is 3.69. The number of nitrogens with one attached hydrogen (secondary N) is 1. The third-order valence-electron chi connectivity index (χ3n) is 2.23. The minimum absolute atomic E-state index is 0.300. The van der Waals surface area contributed by atoms with Gasteiger partial charge in [0.05, 0.1) is 0 Å². The Hall–Kier alpha value is -1.30. The van der Waals surface area contributed by atoms with Gasteiger partial charge < -0.3 is 10.9 Å². The highest BCUT2D eigenvalue weighted by Crippen LogP contribution is 2.05. The Kier molecular flexibility index (Phi) is 9.39. The Morgan fingerprint density at radius 3 is 2.44 bits per heavy atom. The summed E-state index contributed by atoms with van der Waals surface area (Å²) in [6.45, 7) is 2.45. The molecule has 0 unspecified atom stereocenters. The maximum Gasteiger partial charge on any atom is 0.139 e. The first kappa shape index (κ1) is 14.7. The molecule has 0 bridgehead atoms. The smallest absolute Gasteiger partial charge is 0.139 e. The van der Waals surface area contributed by atoms with Gasteiger partial charge in [-0.15, -0.1) is 0 Å². The predicted molar refractivity (Wildman–Crippen MR) is 64.0 cm³/mol. The molecule has 94 valence electrons. The highest BCUT2D eigenvalue weighted by molar-refractivity contribution is 5.79. The van der Waals surface area contributed by atoms with Gasteiger partial charge in [0.15, 0.2) is 0 Å². The number of amidine groups is 2. The second-order valence-electron chi connectivity index (χ2n) is 3.69. The number of oxime groups is 1. The Bertz CT molecular complexity index is 229. The van der Waals surface area contributed by atoms with Gasteiger partial charge in [-0.25, -0.2) is 0 Å². The standard InChI is InChI=1S/C10H22N4O2/c1-9(13-15)12-8-6-4-2-3-5-7-10(11)14-16/h15-16H,2-8H2,1H3,(H2,11,14)(H,12,13). The van der Waals surface area contributed by atoms with Gasteiger partial charge in [0.25, 0.3) is 0 Å². The van der Waals surface area contributed by atoms with E-state index in [0.29, 0.717) is 18.1 Å². The quantitative estimate of drug-likeness (QED) is 0.167. The van der Waals surface area contributed by atoms with Crippen molar-refractivity contribution in [3.05, 3.63) is 0 Å². The number of hydrogen-bond donors (Lipinski definition) is 4. The molecule has 0 saturated heterocycles. The molecule has 0 fully saturated rings. The zero-order chi connectivity index (χ0) is 12.2. The van der Waals surface area contributed by atoms with Crippen molar-refractivity contribution in [3.8, 4) is 0 Å². The highest BCUT2D eigenvalue weighted by Gasteiger charge is 1.94. The molecule has 0 heterocycles. The van der Waals surface area contributed by atoms with Gasteiger partial charge >= 0.3 is 0 Å². The van der Waals surface area contributed by atoms with Crippen LogP contribution in [-0.4, -0.2) is 28.6 Å². The lowest BCUT2D eigenvalue weighted by molar-refractivity contribution is 0.233. The molecule has 0 rings (SSSR count). The van der Waals surface area contributed by atoms with E-state index < -0.39 is 0 Å². The van der Waals surface area contributed by atoms with Crippen LogP contribution in [0.3, 0.4) is 0 Å². The lowest BCUT2D eigenvalue weighted by Crippen LogP contribution is -2.14. The van der Waals surface area contributed by atoms with Crippen molar-refractivity contribution in [2.45, 2.75) is 45.4 Å². The molecule has 16 heavy (non-hydrogen) atoms. The van der Waals surface area contributed by atoms with Crippen LogP contribution in [0.5, 0.6) is 0 Å². The summed E-state index contributed by atoms with van der Waals surface area (Å²) >= 11 is 0. The molecule has 0 atom stereocenters. The Morgan fingerprint density at radius 2 is 1.81 bits per heavy atom. The predicted octanol–water partition coefficient (Wildman–Crippen LogP) is 1.47. The van der Waals surface area contributed by atoms with E-state index in [-0.39, 0.29) is 0 Å². The summed E-state index contributed by atoms with van der Waals surface area (Å²) in [5, 5.41) is 19.7. The molecule has 0 aliphatic rings. The zero-order valence-corrected chi connectivity index (χ0v) is 9.82. The molecule has 6 nitrogen and oxygen atoms in total. The van der Waals surface area contributed by atoms with Crippen molar-refractivity contribution in [1.82, 2.24) is 5.48 Å². The van der Waals surface area contributed by atoms with Crippen molar-refractivity contribution < 1.29 is 10.4 Å². The van der Waals surface area contributed by atoms with Crippen molar-refractivity contribution in [2.24, 2.45) is 15.9 Å². The largest absolute Gasteiger partial charge is 0.409 e. The third kappa shape index (κ3) is 9.26. The van der Waals surface area contributed by atoms with E-state index in [4.69, 9.17) is 16.1 Å². The third-order valence-corrected chi connectivity index (χ3v) is 2.23. The molecule has 0 aromatic carbocycles. The maximum atomic E-state index is 8.46. The van der Waals surface area contributed by atoms with E-state index in [1.807, 2.05) is 5.48 Å². The lowest BCUT2D eigenvalue weighted by Gasteiger charge is -2.00. The minimum Gasteiger partial charge on any atom is -0.409 e. The van der Waals surface area contributed by atoms with Crippen LogP contribution in [0.25, 0.3) is 0 Å². The fourth-order valence-corrected chi connectivity index (χ4v) is 1.28. The summed E-state index contributed by atoms with van der Waals surface area (Å²) in [7, 11) is 0. The molecule has 0 amide bonds. The second kappa shape index (κ2) is 10.2. The number of rotatable bonds is 8. The number of nitrogens with two attached hydrogens (primary N) is 1. The fraction of sp³-hybridized carbons (Fsp3) is 0.800. The zero-order valence-electron chi connectivity index (χ0n) is 9.82. The first-order valence-electron chi connectivity index (χ1n) is 5.58. The van der Waals surface area contributed by atoms with Crippen molar-refractivity contribution in [3.63, 3.8) is 0 Å². The SMILES string of the molecule is CC(=NCCCCCCC/C(N)=N\O)NO. The normalized spacial score (nSPS) is 12.9. The van der Waals surface area contributed by atoms with Crippen LogP contribution in [0, 0.1) is 0 Å². The molecule has 0 saturated carbocycles. The molecule has 0 aliphatic carbocycles. The lowest BCUT2D eigenvalue weighted by atomic mass is 10.1. The average molecular weight is 230 g/mol. The average Bonchev–Trinajstić information content (AvgIpc) is 2.31. The first-order valence-corrected chi connectivity index (χ1v) is 5.58. The van der Waals surface area contributed by atoms with Crippen LogP contribution in [0.4, 0.5) is 0 Å². The molecule has 5 N–H and O–H groups in total. The van der Waals surface area contributed by atoms with Crippen LogP contribution in [0.2, 0.25) is 0 Å². The minimum atomic E-state index is 0.300. The van der Waals surface area contributed by atoms with E-state index in [1.165, 1.54) is 0 Å². The van der Waals surface area contributed by atoms with E-state index >= 15 is 0 Å². The molecule has 0 aromatic rings. The summed E-state index contributed by atoms with van der Waals surface area (Å²) in [6.07, 6.45) is 5.94. The van der Waals surface area contributed by atoms with E-state index in [2.05, 4.69) is 10.1 Å². The van der Waals surface area contributed by atoms with Gasteiger partial charge in [-0.2, -0.15) is 0 Å². The van der Waals surface area contributed by atoms with Crippen molar-refractivity contribution in [2.75, 3.05) is 6.54 Å². The summed E-state index contributed by atoms with van der Waals surface area (Å²) in [5.41, 5.74) is 7.33. The molecular weight excluding hydrogens is 208 g/mol. The van der Waals surface area contributed by atoms with Crippen LogP contribution < -0.4 is 11.2 Å². The summed E-state index contributed by atoms with van der Waals surface area (Å²) in [5.74, 6) is 0.848. The van der Waals surface area contributed by atoms with Crippen LogP contribution in [0.1, 0.15) is 45.4 Å². The Morgan fingerprint density at radius 1 is 1.19 bits per heavy atom. The fourth-order valence-electron chi connectivity index (χ4n) is 1.28. The van der Waals surface area contributed by atoms with Gasteiger partial charge in [-0.1, -0.05) is 24.4 Å². The number of hydroxylamine groups is 1. The molecular formula is C10H22N4O2. The van der Waals surface area contributed by atoms with Gasteiger partial charge in [0, 0.05) is 13.0 Å². The molecule has 0 spiro atoms. The van der Waals surface area contributed by atoms with Gasteiger partial charge in [-0.05, 0) is 19.8 Å².